The van der Waals surface area contributed by atoms with Gasteiger partial charge in [0, 0.05) is 37.1 Å². The Morgan fingerprint density at radius 2 is 1.95 bits per heavy atom. The second kappa shape index (κ2) is 10.6. The molecule has 0 spiro atoms. The van der Waals surface area contributed by atoms with Gasteiger partial charge in [-0.2, -0.15) is 0 Å². The van der Waals surface area contributed by atoms with Crippen LogP contribution in [0.15, 0.2) is 41.5 Å². The zero-order chi connectivity index (χ0) is 27.9. The Kier molecular flexibility index (Phi) is 7.52. The van der Waals surface area contributed by atoms with Gasteiger partial charge in [-0.15, -0.1) is 0 Å². The van der Waals surface area contributed by atoms with E-state index in [2.05, 4.69) is 10.3 Å². The predicted molar refractivity (Wildman–Crippen MR) is 149 cm³/mol. The molecule has 1 unspecified atom stereocenters. The van der Waals surface area contributed by atoms with Crippen LogP contribution < -0.4 is 10.9 Å². The van der Waals surface area contributed by atoms with Crippen molar-refractivity contribution < 1.29 is 18.7 Å². The highest BCUT2D eigenvalue weighted by Crippen LogP contribution is 2.43. The van der Waals surface area contributed by atoms with Gasteiger partial charge in [-0.25, -0.2) is 14.2 Å². The molecule has 3 aromatic rings. The van der Waals surface area contributed by atoms with E-state index in [-0.39, 0.29) is 33.8 Å². The minimum absolute atomic E-state index is 0.0164. The molecule has 0 radical (unpaired) electrons. The number of carbonyl (C=O) groups excluding carboxylic acids is 1. The summed E-state index contributed by atoms with van der Waals surface area (Å²) in [4.78, 5) is 32.4. The fraction of sp³-hybridized carbons (Fsp3) is 0.464. The van der Waals surface area contributed by atoms with Gasteiger partial charge in [0.05, 0.1) is 39.4 Å². The lowest BCUT2D eigenvalue weighted by Gasteiger charge is -2.34. The summed E-state index contributed by atoms with van der Waals surface area (Å²) in [6.07, 6.45) is 2.89. The Labute approximate surface area is 236 Å². The third-order valence-electron chi connectivity index (χ3n) is 7.19. The summed E-state index contributed by atoms with van der Waals surface area (Å²) in [7, 11) is 0. The van der Waals surface area contributed by atoms with E-state index in [1.54, 1.807) is 49.9 Å². The van der Waals surface area contributed by atoms with Crippen molar-refractivity contribution in [2.45, 2.75) is 57.2 Å². The molecule has 5 rings (SSSR count). The van der Waals surface area contributed by atoms with E-state index in [9.17, 15) is 9.59 Å². The molecule has 1 aromatic heterocycles. The van der Waals surface area contributed by atoms with E-state index in [4.69, 9.17) is 32.7 Å². The second-order valence-electron chi connectivity index (χ2n) is 11.1. The van der Waals surface area contributed by atoms with Crippen LogP contribution in [-0.2, 0) is 15.0 Å². The summed E-state index contributed by atoms with van der Waals surface area (Å²) in [6, 6.07) is 7.92. The minimum atomic E-state index is -1.13. The van der Waals surface area contributed by atoms with E-state index in [0.29, 0.717) is 42.8 Å². The summed E-state index contributed by atoms with van der Waals surface area (Å²) < 4.78 is 28.1. The standard InChI is InChI=1S/C28H31Cl2FN4O4/c1-27(2,3)39-26(37)34-11-10-28(15-34,23-21(31)6-5-20(29)24(23)30)33-17-4-7-22-19(14-17)25(36)35(16-32-22)18-8-12-38-13-9-18/h4-7,14,16,18,33H,8-13,15H2,1-3H3. The van der Waals surface area contributed by atoms with Crippen LogP contribution in [0.4, 0.5) is 14.9 Å². The maximum atomic E-state index is 15.4. The fourth-order valence-corrected chi connectivity index (χ4v) is 5.83. The Bertz CT molecular complexity index is 1470. The summed E-state index contributed by atoms with van der Waals surface area (Å²) in [5.41, 5.74) is -0.695. The number of rotatable bonds is 4. The van der Waals surface area contributed by atoms with Crippen LogP contribution in [0.2, 0.25) is 10.0 Å². The van der Waals surface area contributed by atoms with Gasteiger partial charge >= 0.3 is 6.09 Å². The number of hydrogen-bond donors (Lipinski definition) is 1. The monoisotopic (exact) mass is 576 g/mol. The van der Waals surface area contributed by atoms with Crippen LogP contribution in [0.25, 0.3) is 10.9 Å². The zero-order valence-corrected chi connectivity index (χ0v) is 23.6. The average molecular weight is 577 g/mol. The zero-order valence-electron chi connectivity index (χ0n) is 22.1. The number of hydrogen-bond acceptors (Lipinski definition) is 6. The molecule has 2 aliphatic heterocycles. The molecule has 2 fully saturated rings. The van der Waals surface area contributed by atoms with E-state index in [1.807, 2.05) is 0 Å². The Morgan fingerprint density at radius 1 is 1.21 bits per heavy atom. The summed E-state index contributed by atoms with van der Waals surface area (Å²) >= 11 is 12.9. The first-order chi connectivity index (χ1) is 18.5. The lowest BCUT2D eigenvalue weighted by Crippen LogP contribution is -2.42. The van der Waals surface area contributed by atoms with Crippen molar-refractivity contribution >= 4 is 45.9 Å². The number of amides is 1. The number of ether oxygens (including phenoxy) is 2. The van der Waals surface area contributed by atoms with Crippen LogP contribution in [-0.4, -0.2) is 52.4 Å². The maximum Gasteiger partial charge on any atom is 0.410 e. The van der Waals surface area contributed by atoms with Crippen LogP contribution in [0.5, 0.6) is 0 Å². The molecule has 0 bridgehead atoms. The van der Waals surface area contributed by atoms with Crippen LogP contribution in [0.3, 0.4) is 0 Å². The minimum Gasteiger partial charge on any atom is -0.444 e. The lowest BCUT2D eigenvalue weighted by molar-refractivity contribution is 0.0286. The first-order valence-electron chi connectivity index (χ1n) is 13.0. The van der Waals surface area contributed by atoms with E-state index < -0.39 is 23.1 Å². The Morgan fingerprint density at radius 3 is 2.67 bits per heavy atom. The first kappa shape index (κ1) is 27.7. The Hall–Kier alpha value is -2.88. The second-order valence-corrected chi connectivity index (χ2v) is 11.9. The smallest absolute Gasteiger partial charge is 0.410 e. The largest absolute Gasteiger partial charge is 0.444 e. The maximum absolute atomic E-state index is 15.4. The number of nitrogens with one attached hydrogen (secondary N) is 1. The van der Waals surface area contributed by atoms with E-state index in [0.717, 1.165) is 12.8 Å². The normalized spacial score (nSPS) is 20.4. The molecule has 0 saturated carbocycles. The highest BCUT2D eigenvalue weighted by atomic mass is 35.5. The molecule has 2 saturated heterocycles. The van der Waals surface area contributed by atoms with Gasteiger partial charge in [0.25, 0.3) is 5.56 Å². The molecular weight excluding hydrogens is 546 g/mol. The molecule has 208 valence electrons. The van der Waals surface area contributed by atoms with Crippen molar-refractivity contribution in [2.75, 3.05) is 31.6 Å². The van der Waals surface area contributed by atoms with Crippen molar-refractivity contribution in [3.63, 3.8) is 0 Å². The summed E-state index contributed by atoms with van der Waals surface area (Å²) in [6.45, 7) is 6.94. The number of fused-ring (bicyclic) bond motifs is 1. The molecule has 3 heterocycles. The SMILES string of the molecule is CC(C)(C)OC(=O)N1CCC(Nc2ccc3ncn(C4CCOCC4)c(=O)c3c2)(c2c(F)ccc(Cl)c2Cl)C1. The van der Waals surface area contributed by atoms with Crippen molar-refractivity contribution in [1.82, 2.24) is 14.5 Å². The topological polar surface area (TPSA) is 85.7 Å². The van der Waals surface area contributed by atoms with Gasteiger partial charge in [-0.05, 0) is 70.4 Å². The molecule has 1 atom stereocenters. The van der Waals surface area contributed by atoms with Crippen LogP contribution in [0.1, 0.15) is 51.6 Å². The number of halogens is 3. The van der Waals surface area contributed by atoms with Gasteiger partial charge < -0.3 is 19.7 Å². The third-order valence-corrected chi connectivity index (χ3v) is 8.00. The lowest BCUT2D eigenvalue weighted by atomic mass is 9.87. The van der Waals surface area contributed by atoms with E-state index in [1.165, 1.54) is 17.0 Å². The Balaban J connectivity index is 1.55. The number of carbonyl (C=O) groups is 1. The third kappa shape index (κ3) is 5.58. The molecule has 8 nitrogen and oxygen atoms in total. The van der Waals surface area contributed by atoms with Gasteiger partial charge in [-0.1, -0.05) is 23.2 Å². The fourth-order valence-electron chi connectivity index (χ4n) is 5.34. The van der Waals surface area contributed by atoms with Gasteiger partial charge in [0.2, 0.25) is 0 Å². The first-order valence-corrected chi connectivity index (χ1v) is 13.7. The molecule has 1 amide bonds. The average Bonchev–Trinajstić information content (AvgIpc) is 3.31. The number of aromatic nitrogens is 2. The highest BCUT2D eigenvalue weighted by molar-refractivity contribution is 6.42. The van der Waals surface area contributed by atoms with Crippen molar-refractivity contribution in [3.05, 3.63) is 68.4 Å². The van der Waals surface area contributed by atoms with Crippen molar-refractivity contribution in [1.29, 1.82) is 0 Å². The van der Waals surface area contributed by atoms with Gasteiger partial charge in [-0.3, -0.25) is 9.36 Å². The molecular formula is C28H31Cl2FN4O4. The predicted octanol–water partition coefficient (Wildman–Crippen LogP) is 6.14. The number of anilines is 1. The van der Waals surface area contributed by atoms with Crippen LogP contribution >= 0.6 is 23.2 Å². The molecule has 11 heteroatoms. The number of likely N-dealkylation sites (tertiary alicyclic amines) is 1. The molecule has 2 aromatic carbocycles. The number of nitrogens with zero attached hydrogens (tertiary/aromatic N) is 3. The highest BCUT2D eigenvalue weighted by Gasteiger charge is 2.46. The van der Waals surface area contributed by atoms with Gasteiger partial charge in [0.1, 0.15) is 11.4 Å². The molecule has 1 N–H and O–H groups in total. The van der Waals surface area contributed by atoms with Crippen LogP contribution in [0, 0.1) is 5.82 Å². The van der Waals surface area contributed by atoms with Gasteiger partial charge in [0.15, 0.2) is 0 Å². The molecule has 0 aliphatic carbocycles. The summed E-state index contributed by atoms with van der Waals surface area (Å²) in [5.74, 6) is -0.549. The van der Waals surface area contributed by atoms with Crippen molar-refractivity contribution in [3.8, 4) is 0 Å². The quantitative estimate of drug-likeness (QED) is 0.375. The molecule has 39 heavy (non-hydrogen) atoms. The summed E-state index contributed by atoms with van der Waals surface area (Å²) in [5, 5.41) is 4.12. The van der Waals surface area contributed by atoms with E-state index >= 15 is 4.39 Å². The van der Waals surface area contributed by atoms with Crippen molar-refractivity contribution in [2.24, 2.45) is 0 Å². The number of benzene rings is 2. The molecule has 2 aliphatic rings.